The fourth-order valence-electron chi connectivity index (χ4n) is 1.64. The van der Waals surface area contributed by atoms with Gasteiger partial charge in [-0.05, 0) is 11.4 Å². The summed E-state index contributed by atoms with van der Waals surface area (Å²) in [6.45, 7) is 4.20. The Morgan fingerprint density at radius 3 is 2.48 bits per heavy atom. The molecular formula is C13H18N2O5S. The highest BCUT2D eigenvalue weighted by Gasteiger charge is 2.25. The monoisotopic (exact) mass is 314 g/mol. The lowest BCUT2D eigenvalue weighted by molar-refractivity contribution is -0.145. The van der Waals surface area contributed by atoms with E-state index < -0.39 is 30.4 Å². The smallest absolute Gasteiger partial charge is 0.326 e. The van der Waals surface area contributed by atoms with E-state index in [1.807, 2.05) is 31.4 Å². The molecular weight excluding hydrogens is 296 g/mol. The number of carboxylic acids is 2. The molecule has 1 atom stereocenters. The molecule has 0 saturated heterocycles. The van der Waals surface area contributed by atoms with Crippen molar-refractivity contribution in [2.75, 3.05) is 6.54 Å². The number of rotatable bonds is 7. The fraction of sp³-hybridized carbons (Fsp3) is 0.462. The molecule has 0 aliphatic heterocycles. The van der Waals surface area contributed by atoms with Crippen molar-refractivity contribution in [3.05, 3.63) is 22.4 Å². The molecule has 1 aromatic heterocycles. The first-order valence-corrected chi connectivity index (χ1v) is 7.13. The van der Waals surface area contributed by atoms with Gasteiger partial charge in [0.15, 0.2) is 0 Å². The van der Waals surface area contributed by atoms with Crippen molar-refractivity contribution in [3.63, 3.8) is 0 Å². The van der Waals surface area contributed by atoms with Gasteiger partial charge in [0.1, 0.15) is 6.04 Å². The van der Waals surface area contributed by atoms with Crippen LogP contribution in [0.5, 0.6) is 0 Å². The maximum absolute atomic E-state index is 11.7. The van der Waals surface area contributed by atoms with E-state index in [2.05, 4.69) is 10.6 Å². The molecule has 0 bridgehead atoms. The number of carbonyl (C=O) groups is 3. The van der Waals surface area contributed by atoms with Crippen LogP contribution in [0.25, 0.3) is 0 Å². The summed E-state index contributed by atoms with van der Waals surface area (Å²) >= 11 is 1.57. The molecule has 1 aromatic rings. The van der Waals surface area contributed by atoms with Gasteiger partial charge in [0.05, 0.1) is 6.42 Å². The maximum atomic E-state index is 11.7. The van der Waals surface area contributed by atoms with Crippen LogP contribution in [0.4, 0.5) is 4.79 Å². The Labute approximate surface area is 126 Å². The average Bonchev–Trinajstić information content (AvgIpc) is 2.89. The number of hydrogen-bond donors (Lipinski definition) is 4. The second kappa shape index (κ2) is 7.07. The van der Waals surface area contributed by atoms with Crippen LogP contribution in [0, 0.1) is 0 Å². The Morgan fingerprint density at radius 1 is 1.33 bits per heavy atom. The van der Waals surface area contributed by atoms with Gasteiger partial charge in [0.25, 0.3) is 0 Å². The third-order valence-corrected chi connectivity index (χ3v) is 4.10. The van der Waals surface area contributed by atoms with Gasteiger partial charge in [-0.3, -0.25) is 4.79 Å². The molecule has 0 fully saturated rings. The predicted molar refractivity (Wildman–Crippen MR) is 77.6 cm³/mol. The van der Waals surface area contributed by atoms with Crippen LogP contribution >= 0.6 is 11.3 Å². The van der Waals surface area contributed by atoms with Crippen LogP contribution in [0.1, 0.15) is 25.1 Å². The molecule has 116 valence electrons. The van der Waals surface area contributed by atoms with Gasteiger partial charge in [-0.2, -0.15) is 0 Å². The van der Waals surface area contributed by atoms with E-state index >= 15 is 0 Å². The molecule has 8 heteroatoms. The minimum atomic E-state index is -1.45. The van der Waals surface area contributed by atoms with Crippen molar-refractivity contribution in [2.24, 2.45) is 0 Å². The van der Waals surface area contributed by atoms with Gasteiger partial charge in [0.2, 0.25) is 0 Å². The second-order valence-corrected chi connectivity index (χ2v) is 6.12. The summed E-state index contributed by atoms with van der Waals surface area (Å²) in [5, 5.41) is 24.1. The number of thiophene rings is 1. The zero-order valence-electron chi connectivity index (χ0n) is 11.8. The van der Waals surface area contributed by atoms with Gasteiger partial charge in [-0.15, -0.1) is 11.3 Å². The first-order valence-electron chi connectivity index (χ1n) is 6.25. The summed E-state index contributed by atoms with van der Waals surface area (Å²) in [4.78, 5) is 34.2. The molecule has 0 radical (unpaired) electrons. The third kappa shape index (κ3) is 5.42. The summed E-state index contributed by atoms with van der Waals surface area (Å²) in [5.74, 6) is -2.67. The molecule has 1 rings (SSSR count). The summed E-state index contributed by atoms with van der Waals surface area (Å²) in [6, 6.07) is 1.71. The Balaban J connectivity index is 2.53. The van der Waals surface area contributed by atoms with Crippen LogP contribution in [0.15, 0.2) is 17.5 Å². The lowest BCUT2D eigenvalue weighted by atomic mass is 9.91. The number of hydrogen-bond acceptors (Lipinski definition) is 4. The molecule has 1 unspecified atom stereocenters. The summed E-state index contributed by atoms with van der Waals surface area (Å²) < 4.78 is 0. The van der Waals surface area contributed by atoms with Crippen molar-refractivity contribution in [1.29, 1.82) is 0 Å². The highest BCUT2D eigenvalue weighted by atomic mass is 32.1. The Morgan fingerprint density at radius 2 is 2.00 bits per heavy atom. The molecule has 0 aromatic carbocycles. The summed E-state index contributed by atoms with van der Waals surface area (Å²) in [5.41, 5.74) is -0.295. The van der Waals surface area contributed by atoms with Crippen molar-refractivity contribution in [3.8, 4) is 0 Å². The Bertz CT molecular complexity index is 513. The molecule has 0 aliphatic rings. The SMILES string of the molecule is CC(C)(CNC(=O)NC(CC(=O)O)C(=O)O)c1cccs1. The van der Waals surface area contributed by atoms with Crippen molar-refractivity contribution in [2.45, 2.75) is 31.7 Å². The fourth-order valence-corrected chi connectivity index (χ4v) is 2.49. The van der Waals surface area contributed by atoms with E-state index in [-0.39, 0.29) is 5.41 Å². The molecule has 2 amide bonds. The summed E-state index contributed by atoms with van der Waals surface area (Å²) in [7, 11) is 0. The predicted octanol–water partition coefficient (Wildman–Crippen LogP) is 1.25. The second-order valence-electron chi connectivity index (χ2n) is 5.18. The first-order chi connectivity index (χ1) is 9.72. The molecule has 1 heterocycles. The molecule has 4 N–H and O–H groups in total. The minimum absolute atomic E-state index is 0.295. The van der Waals surface area contributed by atoms with E-state index in [0.29, 0.717) is 6.54 Å². The van der Waals surface area contributed by atoms with Gasteiger partial charge in [-0.1, -0.05) is 19.9 Å². The highest BCUT2D eigenvalue weighted by molar-refractivity contribution is 7.10. The van der Waals surface area contributed by atoms with Gasteiger partial charge in [-0.25, -0.2) is 9.59 Å². The molecule has 0 saturated carbocycles. The minimum Gasteiger partial charge on any atom is -0.481 e. The molecule has 0 aliphatic carbocycles. The molecule has 0 spiro atoms. The van der Waals surface area contributed by atoms with E-state index in [1.165, 1.54) is 0 Å². The number of amides is 2. The van der Waals surface area contributed by atoms with E-state index in [0.717, 1.165) is 4.88 Å². The first kappa shape index (κ1) is 17.0. The van der Waals surface area contributed by atoms with Crippen LogP contribution in [0.2, 0.25) is 0 Å². The van der Waals surface area contributed by atoms with E-state index in [1.54, 1.807) is 11.3 Å². The van der Waals surface area contributed by atoms with Crippen LogP contribution in [0.3, 0.4) is 0 Å². The largest absolute Gasteiger partial charge is 0.481 e. The topological polar surface area (TPSA) is 116 Å². The van der Waals surface area contributed by atoms with Gasteiger partial charge < -0.3 is 20.8 Å². The lowest BCUT2D eigenvalue weighted by Crippen LogP contribution is -2.49. The van der Waals surface area contributed by atoms with Gasteiger partial charge >= 0.3 is 18.0 Å². The van der Waals surface area contributed by atoms with Crippen molar-refractivity contribution in [1.82, 2.24) is 10.6 Å². The molecule has 21 heavy (non-hydrogen) atoms. The van der Waals surface area contributed by atoms with Crippen LogP contribution in [-0.2, 0) is 15.0 Å². The maximum Gasteiger partial charge on any atom is 0.326 e. The van der Waals surface area contributed by atoms with E-state index in [9.17, 15) is 14.4 Å². The van der Waals surface area contributed by atoms with Gasteiger partial charge in [0, 0.05) is 16.8 Å². The number of nitrogens with one attached hydrogen (secondary N) is 2. The number of carbonyl (C=O) groups excluding carboxylic acids is 1. The number of urea groups is 1. The zero-order valence-corrected chi connectivity index (χ0v) is 12.6. The number of carboxylic acid groups (broad SMARTS) is 2. The highest BCUT2D eigenvalue weighted by Crippen LogP contribution is 2.26. The zero-order chi connectivity index (χ0) is 16.0. The van der Waals surface area contributed by atoms with Crippen LogP contribution in [-0.4, -0.2) is 40.8 Å². The normalized spacial score (nSPS) is 12.5. The number of aliphatic carboxylic acids is 2. The summed E-state index contributed by atoms with van der Waals surface area (Å²) in [6.07, 6.45) is -0.670. The van der Waals surface area contributed by atoms with E-state index in [4.69, 9.17) is 10.2 Å². The average molecular weight is 314 g/mol. The molecule has 7 nitrogen and oxygen atoms in total. The Kier molecular flexibility index (Phi) is 5.71. The quantitative estimate of drug-likeness (QED) is 0.604. The van der Waals surface area contributed by atoms with Crippen LogP contribution < -0.4 is 10.6 Å². The van der Waals surface area contributed by atoms with Crippen molar-refractivity contribution >= 4 is 29.3 Å². The van der Waals surface area contributed by atoms with Crippen molar-refractivity contribution < 1.29 is 24.6 Å². The standard InChI is InChI=1S/C13H18N2O5S/c1-13(2,9-4-3-5-21-9)7-14-12(20)15-8(11(18)19)6-10(16)17/h3-5,8H,6-7H2,1-2H3,(H,16,17)(H,18,19)(H2,14,15,20). The lowest BCUT2D eigenvalue weighted by Gasteiger charge is -2.24. The third-order valence-electron chi connectivity index (χ3n) is 2.86. The Hall–Kier alpha value is -2.09.